The predicted octanol–water partition coefficient (Wildman–Crippen LogP) is 3.33. The van der Waals surface area contributed by atoms with Crippen LogP contribution in [0, 0.1) is 0 Å². The Morgan fingerprint density at radius 2 is 1.86 bits per heavy atom. The molecular weight excluding hydrogens is 278 g/mol. The fourth-order valence-corrected chi connectivity index (χ4v) is 2.66. The van der Waals surface area contributed by atoms with Gasteiger partial charge in [-0.25, -0.2) is 9.97 Å². The van der Waals surface area contributed by atoms with E-state index in [4.69, 9.17) is 4.74 Å². The highest BCUT2D eigenvalue weighted by atomic mass is 16.5. The van der Waals surface area contributed by atoms with E-state index in [9.17, 15) is 4.79 Å². The Morgan fingerprint density at radius 3 is 2.64 bits per heavy atom. The lowest BCUT2D eigenvalue weighted by Gasteiger charge is -2.22. The highest BCUT2D eigenvalue weighted by molar-refractivity contribution is 5.94. The lowest BCUT2D eigenvalue weighted by Crippen LogP contribution is -2.36. The monoisotopic (exact) mass is 297 g/mol. The second kappa shape index (κ2) is 7.02. The number of carbonyl (C=O) groups is 1. The molecular formula is C17H19N3O2. The van der Waals surface area contributed by atoms with E-state index < -0.39 is 0 Å². The van der Waals surface area contributed by atoms with E-state index in [0.29, 0.717) is 17.4 Å². The number of amides is 1. The van der Waals surface area contributed by atoms with E-state index in [-0.39, 0.29) is 11.9 Å². The molecule has 3 rings (SSSR count). The average Bonchev–Trinajstić information content (AvgIpc) is 2.57. The summed E-state index contributed by atoms with van der Waals surface area (Å²) in [5, 5.41) is 3.10. The van der Waals surface area contributed by atoms with Gasteiger partial charge in [0.1, 0.15) is 5.75 Å². The van der Waals surface area contributed by atoms with E-state index in [2.05, 4.69) is 15.3 Å². The molecule has 0 spiro atoms. The maximum absolute atomic E-state index is 12.3. The van der Waals surface area contributed by atoms with Crippen LogP contribution in [0.4, 0.5) is 0 Å². The average molecular weight is 297 g/mol. The Morgan fingerprint density at radius 1 is 1.09 bits per heavy atom. The van der Waals surface area contributed by atoms with E-state index in [0.717, 1.165) is 12.8 Å². The third kappa shape index (κ3) is 3.81. The first kappa shape index (κ1) is 14.5. The summed E-state index contributed by atoms with van der Waals surface area (Å²) in [6, 6.07) is 9.38. The van der Waals surface area contributed by atoms with E-state index in [1.165, 1.54) is 19.3 Å². The fourth-order valence-electron chi connectivity index (χ4n) is 2.66. The van der Waals surface area contributed by atoms with Gasteiger partial charge in [0.25, 0.3) is 5.91 Å². The van der Waals surface area contributed by atoms with Crippen molar-refractivity contribution in [2.24, 2.45) is 0 Å². The van der Waals surface area contributed by atoms with Gasteiger partial charge in [0.05, 0.1) is 0 Å². The van der Waals surface area contributed by atoms with Gasteiger partial charge in [0, 0.05) is 24.0 Å². The molecule has 5 heteroatoms. The van der Waals surface area contributed by atoms with E-state index in [1.807, 2.05) is 0 Å². The number of aromatic nitrogens is 2. The van der Waals surface area contributed by atoms with Crippen LogP contribution in [0.2, 0.25) is 0 Å². The third-order valence-electron chi connectivity index (χ3n) is 3.79. The second-order valence-electron chi connectivity index (χ2n) is 5.47. The van der Waals surface area contributed by atoms with Crippen molar-refractivity contribution in [2.75, 3.05) is 0 Å². The summed E-state index contributed by atoms with van der Waals surface area (Å²) in [4.78, 5) is 20.3. The number of nitrogens with zero attached hydrogens (tertiary/aromatic N) is 2. The standard InChI is InChI=1S/C17H19N3O2/c21-16(20-14-7-2-1-3-8-14)13-6-4-9-15(12-13)22-17-18-10-5-11-19-17/h4-6,9-12,14H,1-3,7-8H2,(H,20,21). The molecule has 0 atom stereocenters. The molecule has 0 aliphatic heterocycles. The molecule has 0 radical (unpaired) electrons. The summed E-state index contributed by atoms with van der Waals surface area (Å²) in [5.74, 6) is 0.508. The summed E-state index contributed by atoms with van der Waals surface area (Å²) in [6.07, 6.45) is 9.02. The van der Waals surface area contributed by atoms with Crippen molar-refractivity contribution in [1.82, 2.24) is 15.3 Å². The van der Waals surface area contributed by atoms with Crippen LogP contribution < -0.4 is 10.1 Å². The van der Waals surface area contributed by atoms with Gasteiger partial charge in [-0.05, 0) is 37.1 Å². The zero-order chi connectivity index (χ0) is 15.2. The molecule has 114 valence electrons. The first-order chi connectivity index (χ1) is 10.8. The quantitative estimate of drug-likeness (QED) is 0.940. The molecule has 1 fully saturated rings. The summed E-state index contributed by atoms with van der Waals surface area (Å²) in [6.45, 7) is 0. The minimum Gasteiger partial charge on any atom is -0.424 e. The maximum Gasteiger partial charge on any atom is 0.321 e. The van der Waals surface area contributed by atoms with Crippen molar-refractivity contribution in [3.05, 3.63) is 48.3 Å². The zero-order valence-electron chi connectivity index (χ0n) is 12.4. The van der Waals surface area contributed by atoms with Crippen molar-refractivity contribution < 1.29 is 9.53 Å². The lowest BCUT2D eigenvalue weighted by molar-refractivity contribution is 0.0927. The number of hydrogen-bond donors (Lipinski definition) is 1. The van der Waals surface area contributed by atoms with Crippen LogP contribution in [-0.2, 0) is 0 Å². The normalized spacial score (nSPS) is 15.3. The third-order valence-corrected chi connectivity index (χ3v) is 3.79. The van der Waals surface area contributed by atoms with Gasteiger partial charge in [-0.2, -0.15) is 0 Å². The zero-order valence-corrected chi connectivity index (χ0v) is 12.4. The van der Waals surface area contributed by atoms with Gasteiger partial charge >= 0.3 is 6.01 Å². The predicted molar refractivity (Wildman–Crippen MR) is 82.9 cm³/mol. The van der Waals surface area contributed by atoms with E-state index in [1.54, 1.807) is 42.7 Å². The molecule has 5 nitrogen and oxygen atoms in total. The Kier molecular flexibility index (Phi) is 4.63. The van der Waals surface area contributed by atoms with Crippen LogP contribution >= 0.6 is 0 Å². The van der Waals surface area contributed by atoms with Crippen molar-refractivity contribution in [3.63, 3.8) is 0 Å². The van der Waals surface area contributed by atoms with Crippen molar-refractivity contribution in [3.8, 4) is 11.8 Å². The maximum atomic E-state index is 12.3. The van der Waals surface area contributed by atoms with Crippen molar-refractivity contribution in [1.29, 1.82) is 0 Å². The number of nitrogens with one attached hydrogen (secondary N) is 1. The van der Waals surface area contributed by atoms with Crippen LogP contribution in [0.25, 0.3) is 0 Å². The first-order valence-corrected chi connectivity index (χ1v) is 7.67. The van der Waals surface area contributed by atoms with Gasteiger partial charge in [-0.1, -0.05) is 25.3 Å². The summed E-state index contributed by atoms with van der Waals surface area (Å²) < 4.78 is 5.56. The summed E-state index contributed by atoms with van der Waals surface area (Å²) in [5.41, 5.74) is 0.596. The Hall–Kier alpha value is -2.43. The van der Waals surface area contributed by atoms with Gasteiger partial charge in [-0.3, -0.25) is 4.79 Å². The molecule has 0 unspecified atom stereocenters. The lowest BCUT2D eigenvalue weighted by atomic mass is 9.95. The molecule has 1 saturated carbocycles. The topological polar surface area (TPSA) is 64.1 Å². The van der Waals surface area contributed by atoms with E-state index >= 15 is 0 Å². The van der Waals surface area contributed by atoms with Gasteiger partial charge in [-0.15, -0.1) is 0 Å². The molecule has 22 heavy (non-hydrogen) atoms. The molecule has 1 aliphatic rings. The van der Waals surface area contributed by atoms with Gasteiger partial charge < -0.3 is 10.1 Å². The largest absolute Gasteiger partial charge is 0.424 e. The first-order valence-electron chi connectivity index (χ1n) is 7.67. The van der Waals surface area contributed by atoms with Crippen LogP contribution in [0.5, 0.6) is 11.8 Å². The Balaban J connectivity index is 1.66. The highest BCUT2D eigenvalue weighted by Gasteiger charge is 2.17. The number of ether oxygens (including phenoxy) is 1. The van der Waals surface area contributed by atoms with Crippen molar-refractivity contribution in [2.45, 2.75) is 38.1 Å². The highest BCUT2D eigenvalue weighted by Crippen LogP contribution is 2.20. The second-order valence-corrected chi connectivity index (χ2v) is 5.47. The van der Waals surface area contributed by atoms with Gasteiger partial charge in [0.2, 0.25) is 0 Å². The smallest absolute Gasteiger partial charge is 0.321 e. The van der Waals surface area contributed by atoms with Crippen LogP contribution in [0.1, 0.15) is 42.5 Å². The minimum absolute atomic E-state index is 0.0497. The minimum atomic E-state index is -0.0497. The fraction of sp³-hybridized carbons (Fsp3) is 0.353. The molecule has 1 amide bonds. The molecule has 1 N–H and O–H groups in total. The molecule has 1 aliphatic carbocycles. The Labute approximate surface area is 129 Å². The number of rotatable bonds is 4. The molecule has 1 aromatic carbocycles. The Bertz CT molecular complexity index is 625. The summed E-state index contributed by atoms with van der Waals surface area (Å²) in [7, 11) is 0. The number of hydrogen-bond acceptors (Lipinski definition) is 4. The van der Waals surface area contributed by atoms with Crippen LogP contribution in [-0.4, -0.2) is 21.9 Å². The SMILES string of the molecule is O=C(NC1CCCCC1)c1cccc(Oc2ncccn2)c1. The molecule has 2 aromatic rings. The number of carbonyl (C=O) groups excluding carboxylic acids is 1. The molecule has 0 saturated heterocycles. The molecule has 0 bridgehead atoms. The summed E-state index contributed by atoms with van der Waals surface area (Å²) >= 11 is 0. The van der Waals surface area contributed by atoms with Crippen LogP contribution in [0.15, 0.2) is 42.7 Å². The van der Waals surface area contributed by atoms with Gasteiger partial charge in [0.15, 0.2) is 0 Å². The number of benzene rings is 1. The molecule has 1 heterocycles. The molecule has 1 aromatic heterocycles. The van der Waals surface area contributed by atoms with Crippen molar-refractivity contribution >= 4 is 5.91 Å². The van der Waals surface area contributed by atoms with Crippen LogP contribution in [0.3, 0.4) is 0 Å².